The minimum Gasteiger partial charge on any atom is -0.497 e. The zero-order valence-corrected chi connectivity index (χ0v) is 22.2. The third-order valence-electron chi connectivity index (χ3n) is 7.29. The van der Waals surface area contributed by atoms with Crippen LogP contribution in [0.4, 0.5) is 0 Å². The Hall–Kier alpha value is -3.20. The molecule has 1 fully saturated rings. The molecule has 8 heteroatoms. The molecule has 1 saturated carbocycles. The fourth-order valence-electron chi connectivity index (χ4n) is 5.19. The summed E-state index contributed by atoms with van der Waals surface area (Å²) in [5, 5.41) is 3.92. The highest BCUT2D eigenvalue weighted by molar-refractivity contribution is 7.89. The van der Waals surface area contributed by atoms with Crippen LogP contribution in [-0.4, -0.2) is 49.8 Å². The number of amides is 1. The molecule has 6 rings (SSSR count). The maximum Gasteiger partial charge on any atom is 0.243 e. The van der Waals surface area contributed by atoms with Gasteiger partial charge in [0.2, 0.25) is 15.9 Å². The van der Waals surface area contributed by atoms with Crippen molar-refractivity contribution < 1.29 is 17.9 Å². The van der Waals surface area contributed by atoms with Crippen LogP contribution in [0.1, 0.15) is 34.9 Å². The van der Waals surface area contributed by atoms with E-state index >= 15 is 0 Å². The Balaban J connectivity index is 1.32. The summed E-state index contributed by atoms with van der Waals surface area (Å²) < 4.78 is 34.3. The van der Waals surface area contributed by atoms with Gasteiger partial charge in [-0.15, -0.1) is 11.3 Å². The number of fused-ring (bicyclic) bond motifs is 2. The molecule has 0 saturated heterocycles. The van der Waals surface area contributed by atoms with E-state index in [0.717, 1.165) is 46.9 Å². The summed E-state index contributed by atoms with van der Waals surface area (Å²) in [7, 11) is -2.20. The molecule has 1 aromatic heterocycles. The third-order valence-corrected chi connectivity index (χ3v) is 10.2. The van der Waals surface area contributed by atoms with Crippen molar-refractivity contribution in [3.8, 4) is 5.75 Å². The van der Waals surface area contributed by atoms with Gasteiger partial charge in [-0.2, -0.15) is 4.31 Å². The maximum absolute atomic E-state index is 13.9. The number of carbonyl (C=O) groups excluding carboxylic acids is 1. The van der Waals surface area contributed by atoms with E-state index in [1.807, 2.05) is 59.5 Å². The Morgan fingerprint density at radius 2 is 1.78 bits per heavy atom. The first kappa shape index (κ1) is 24.2. The summed E-state index contributed by atoms with van der Waals surface area (Å²) in [4.78, 5) is 17.2. The normalized spacial score (nSPS) is 17.7. The highest BCUT2D eigenvalue weighted by Gasteiger charge is 2.42. The van der Waals surface area contributed by atoms with Gasteiger partial charge in [-0.1, -0.05) is 42.5 Å². The van der Waals surface area contributed by atoms with Crippen LogP contribution in [0.5, 0.6) is 5.75 Å². The Bertz CT molecular complexity index is 1560. The Labute approximate surface area is 221 Å². The quantitative estimate of drug-likeness (QED) is 0.327. The molecule has 0 spiro atoms. The molecule has 0 N–H and O–H groups in total. The van der Waals surface area contributed by atoms with Gasteiger partial charge in [-0.3, -0.25) is 4.79 Å². The summed E-state index contributed by atoms with van der Waals surface area (Å²) >= 11 is 1.71. The van der Waals surface area contributed by atoms with E-state index in [0.29, 0.717) is 6.54 Å². The SMILES string of the molecule is COc1ccc([C@@H]2c3ccsc3CCN2C(=O)CN(C2CC2)S(=O)(=O)c2ccc3ccccc3c2)cc1. The van der Waals surface area contributed by atoms with Gasteiger partial charge in [0.05, 0.1) is 24.6 Å². The Morgan fingerprint density at radius 3 is 2.51 bits per heavy atom. The number of carbonyl (C=O) groups is 1. The second kappa shape index (κ2) is 9.59. The highest BCUT2D eigenvalue weighted by atomic mass is 32.2. The van der Waals surface area contributed by atoms with Crippen molar-refractivity contribution in [2.45, 2.75) is 36.2 Å². The van der Waals surface area contributed by atoms with Gasteiger partial charge >= 0.3 is 0 Å². The largest absolute Gasteiger partial charge is 0.497 e. The summed E-state index contributed by atoms with van der Waals surface area (Å²) in [6.07, 6.45) is 2.32. The average Bonchev–Trinajstić information content (AvgIpc) is 3.65. The standard InChI is InChI=1S/C29H28N2O4S2/c1-35-24-11-6-21(7-12-24)29-26-15-17-36-27(26)14-16-30(29)28(32)19-31(23-9-10-23)37(33,34)25-13-8-20-4-2-3-5-22(20)18-25/h2-8,11-13,15,17-18,23,29H,9-10,14,16,19H2,1H3/t29-/m1/s1. The summed E-state index contributed by atoms with van der Waals surface area (Å²) in [6.45, 7) is 0.392. The van der Waals surface area contributed by atoms with Gasteiger partial charge in [0, 0.05) is 17.5 Å². The molecular weight excluding hydrogens is 504 g/mol. The van der Waals surface area contributed by atoms with E-state index in [9.17, 15) is 13.2 Å². The lowest BCUT2D eigenvalue weighted by Gasteiger charge is -2.37. The second-order valence-corrected chi connectivity index (χ2v) is 12.5. The van der Waals surface area contributed by atoms with Crippen molar-refractivity contribution in [3.63, 3.8) is 0 Å². The lowest BCUT2D eigenvalue weighted by Crippen LogP contribution is -2.47. The van der Waals surface area contributed by atoms with E-state index in [1.54, 1.807) is 30.6 Å². The van der Waals surface area contributed by atoms with Crippen LogP contribution in [0.25, 0.3) is 10.8 Å². The molecule has 190 valence electrons. The first-order valence-electron chi connectivity index (χ1n) is 12.5. The van der Waals surface area contributed by atoms with E-state index in [1.165, 1.54) is 9.18 Å². The van der Waals surface area contributed by atoms with Gasteiger partial charge in [0.25, 0.3) is 0 Å². The van der Waals surface area contributed by atoms with Crippen molar-refractivity contribution in [2.24, 2.45) is 0 Å². The number of rotatable bonds is 7. The number of ether oxygens (including phenoxy) is 1. The summed E-state index contributed by atoms with van der Waals surface area (Å²) in [5.41, 5.74) is 2.11. The number of nitrogens with zero attached hydrogens (tertiary/aromatic N) is 2. The van der Waals surface area contributed by atoms with E-state index in [4.69, 9.17) is 4.74 Å². The van der Waals surface area contributed by atoms with Crippen molar-refractivity contribution in [3.05, 3.63) is 94.2 Å². The highest BCUT2D eigenvalue weighted by Crippen LogP contribution is 2.39. The van der Waals surface area contributed by atoms with E-state index < -0.39 is 10.0 Å². The van der Waals surface area contributed by atoms with Crippen molar-refractivity contribution in [2.75, 3.05) is 20.2 Å². The third kappa shape index (κ3) is 4.54. The van der Waals surface area contributed by atoms with Gasteiger partial charge in [0.1, 0.15) is 5.75 Å². The molecule has 1 aliphatic carbocycles. The first-order chi connectivity index (χ1) is 18.0. The molecule has 2 aliphatic rings. The number of sulfonamides is 1. The van der Waals surface area contributed by atoms with Crippen LogP contribution in [-0.2, 0) is 21.2 Å². The molecule has 37 heavy (non-hydrogen) atoms. The summed E-state index contributed by atoms with van der Waals surface area (Å²) in [5.74, 6) is 0.582. The Morgan fingerprint density at radius 1 is 1.03 bits per heavy atom. The lowest BCUT2D eigenvalue weighted by atomic mass is 9.93. The topological polar surface area (TPSA) is 66.9 Å². The van der Waals surface area contributed by atoms with E-state index in [-0.39, 0.29) is 29.4 Å². The van der Waals surface area contributed by atoms with Gasteiger partial charge in [-0.25, -0.2) is 8.42 Å². The molecule has 1 atom stereocenters. The molecule has 3 aromatic carbocycles. The molecule has 1 aliphatic heterocycles. The predicted molar refractivity (Wildman–Crippen MR) is 145 cm³/mol. The number of benzene rings is 3. The predicted octanol–water partition coefficient (Wildman–Crippen LogP) is 5.24. The van der Waals surface area contributed by atoms with Crippen LogP contribution < -0.4 is 4.74 Å². The minimum atomic E-state index is -3.83. The summed E-state index contributed by atoms with van der Waals surface area (Å²) in [6, 6.07) is 22.4. The van der Waals surface area contributed by atoms with Crippen molar-refractivity contribution in [1.82, 2.24) is 9.21 Å². The number of hydrogen-bond donors (Lipinski definition) is 0. The van der Waals surface area contributed by atoms with Crippen LogP contribution in [0.3, 0.4) is 0 Å². The lowest BCUT2D eigenvalue weighted by molar-refractivity contribution is -0.133. The zero-order chi connectivity index (χ0) is 25.6. The molecule has 2 heterocycles. The van der Waals surface area contributed by atoms with Crippen LogP contribution >= 0.6 is 11.3 Å². The van der Waals surface area contributed by atoms with Gasteiger partial charge in [0.15, 0.2) is 0 Å². The molecule has 0 unspecified atom stereocenters. The van der Waals surface area contributed by atoms with Gasteiger partial charge in [-0.05, 0) is 76.9 Å². The second-order valence-electron chi connectivity index (χ2n) is 9.60. The maximum atomic E-state index is 13.9. The number of thiophene rings is 1. The van der Waals surface area contributed by atoms with Crippen molar-refractivity contribution in [1.29, 1.82) is 0 Å². The number of hydrogen-bond acceptors (Lipinski definition) is 5. The zero-order valence-electron chi connectivity index (χ0n) is 20.5. The van der Waals surface area contributed by atoms with Gasteiger partial charge < -0.3 is 9.64 Å². The molecule has 0 bridgehead atoms. The van der Waals surface area contributed by atoms with Crippen LogP contribution in [0, 0.1) is 0 Å². The van der Waals surface area contributed by atoms with Crippen LogP contribution in [0.2, 0.25) is 0 Å². The number of methoxy groups -OCH3 is 1. The van der Waals surface area contributed by atoms with Crippen LogP contribution in [0.15, 0.2) is 83.1 Å². The molecule has 1 amide bonds. The fraction of sp³-hybridized carbons (Fsp3) is 0.276. The molecule has 4 aromatic rings. The van der Waals surface area contributed by atoms with E-state index in [2.05, 4.69) is 11.4 Å². The first-order valence-corrected chi connectivity index (χ1v) is 14.8. The monoisotopic (exact) mass is 532 g/mol. The fourth-order valence-corrected chi connectivity index (χ4v) is 7.77. The molecular formula is C29H28N2O4S2. The Kier molecular flexibility index (Phi) is 6.26. The smallest absolute Gasteiger partial charge is 0.243 e. The van der Waals surface area contributed by atoms with Crippen molar-refractivity contribution >= 4 is 38.0 Å². The minimum absolute atomic E-state index is 0.138. The molecule has 6 nitrogen and oxygen atoms in total. The molecule has 0 radical (unpaired) electrons. The average molecular weight is 533 g/mol.